The number of aromatic nitrogens is 1. The lowest BCUT2D eigenvalue weighted by molar-refractivity contribution is 0.687. The zero-order valence-electron chi connectivity index (χ0n) is 8.53. The summed E-state index contributed by atoms with van der Waals surface area (Å²) >= 11 is 0. The molecule has 0 aliphatic rings. The molecule has 1 aromatic heterocycles. The Kier molecular flexibility index (Phi) is 5.50. The van der Waals surface area contributed by atoms with Crippen LogP contribution >= 0.6 is 0 Å². The van der Waals surface area contributed by atoms with Gasteiger partial charge < -0.3 is 4.98 Å². The summed E-state index contributed by atoms with van der Waals surface area (Å²) in [6.07, 6.45) is 3.75. The van der Waals surface area contributed by atoms with E-state index in [2.05, 4.69) is 10.9 Å². The molecule has 0 fully saturated rings. The van der Waals surface area contributed by atoms with Gasteiger partial charge in [-0.25, -0.2) is 0 Å². The van der Waals surface area contributed by atoms with Crippen LogP contribution in [-0.2, 0) is 0 Å². The molecular weight excluding hydrogens is 207 g/mol. The summed E-state index contributed by atoms with van der Waals surface area (Å²) in [5.74, 6) is 4.12. The van der Waals surface area contributed by atoms with Gasteiger partial charge in [0.05, 0.1) is 0 Å². The van der Waals surface area contributed by atoms with Gasteiger partial charge in [-0.15, -0.1) is 0 Å². The van der Waals surface area contributed by atoms with Crippen molar-refractivity contribution in [1.82, 2.24) is 4.98 Å². The highest BCUT2D eigenvalue weighted by Gasteiger charge is 2.04. The largest absolute Gasteiger partial charge is 0.628 e. The fourth-order valence-electron chi connectivity index (χ4n) is 0.937. The molecule has 1 nitrogen and oxygen atoms in total. The summed E-state index contributed by atoms with van der Waals surface area (Å²) in [7, 11) is -2.55. The molecule has 0 spiro atoms. The van der Waals surface area contributed by atoms with E-state index in [1.807, 2.05) is 30.6 Å². The highest BCUT2D eigenvalue weighted by Crippen LogP contribution is 1.95. The van der Waals surface area contributed by atoms with Gasteiger partial charge in [0.25, 0.3) is 0 Å². The van der Waals surface area contributed by atoms with E-state index in [-0.39, 0.29) is 0 Å². The summed E-state index contributed by atoms with van der Waals surface area (Å²) < 4.78 is 23.1. The van der Waals surface area contributed by atoms with E-state index in [0.29, 0.717) is 5.56 Å². The van der Waals surface area contributed by atoms with Crippen molar-refractivity contribution in [2.45, 2.75) is 0 Å². The lowest BCUT2D eigenvalue weighted by Crippen LogP contribution is -1.89. The van der Waals surface area contributed by atoms with Crippen molar-refractivity contribution in [3.05, 3.63) is 60.4 Å². The lowest BCUT2D eigenvalue weighted by atomic mass is 10.0. The molecule has 4 heteroatoms. The topological polar surface area (TPSA) is 15.8 Å². The molecule has 1 aromatic carbocycles. The third-order valence-electron chi connectivity index (χ3n) is 1.60. The zero-order valence-corrected chi connectivity index (χ0v) is 8.53. The molecule has 0 atom stereocenters. The molecule has 2 aromatic rings. The predicted octanol–water partition coefficient (Wildman–Crippen LogP) is 3.02. The van der Waals surface area contributed by atoms with E-state index < -0.39 is 7.27 Å². The zero-order chi connectivity index (χ0) is 11.6. The van der Waals surface area contributed by atoms with E-state index in [0.717, 1.165) is 0 Å². The fraction of sp³-hybridized carbons (Fsp3) is 0. The van der Waals surface area contributed by atoms with Crippen LogP contribution in [0.1, 0.15) is 5.56 Å². The normalized spacial score (nSPS) is 8.12. The Bertz CT molecular complexity index is 412. The first-order chi connectivity index (χ1) is 7.79. The predicted molar refractivity (Wildman–Crippen MR) is 62.1 cm³/mol. The SMILES string of the molecule is FB(F)C#Cc1ccccc1.c1cc[nH]c1. The Morgan fingerprint density at radius 1 is 0.938 bits per heavy atom. The minimum absolute atomic E-state index is 0.618. The molecular formula is C12H10BF2N. The Balaban J connectivity index is 0.000000212. The quantitative estimate of drug-likeness (QED) is 0.515. The molecule has 0 bridgehead atoms. The average molecular weight is 217 g/mol. The van der Waals surface area contributed by atoms with Gasteiger partial charge in [-0.1, -0.05) is 29.9 Å². The van der Waals surface area contributed by atoms with Gasteiger partial charge in [0, 0.05) is 18.0 Å². The number of aromatic amines is 1. The number of rotatable bonds is 0. The second kappa shape index (κ2) is 7.30. The lowest BCUT2D eigenvalue weighted by Gasteiger charge is -1.84. The standard InChI is InChI=1S/C8H5BF2.C4H5N/c10-9(11)7-6-8-4-2-1-3-5-8;1-2-4-5-3-1/h1-5H;1-5H. The molecule has 1 heterocycles. The van der Waals surface area contributed by atoms with E-state index in [1.165, 1.54) is 0 Å². The smallest absolute Gasteiger partial charge is 0.368 e. The Labute approximate surface area is 93.7 Å². The fourth-order valence-corrected chi connectivity index (χ4v) is 0.937. The molecule has 80 valence electrons. The van der Waals surface area contributed by atoms with Gasteiger partial charge in [0.2, 0.25) is 0 Å². The highest BCUT2D eigenvalue weighted by molar-refractivity contribution is 6.53. The van der Waals surface area contributed by atoms with Crippen molar-refractivity contribution in [1.29, 1.82) is 0 Å². The van der Waals surface area contributed by atoms with Crippen molar-refractivity contribution < 1.29 is 8.63 Å². The number of hydrogen-bond acceptors (Lipinski definition) is 0. The Hall–Kier alpha value is -2.02. The van der Waals surface area contributed by atoms with E-state index >= 15 is 0 Å². The van der Waals surface area contributed by atoms with E-state index in [9.17, 15) is 8.63 Å². The van der Waals surface area contributed by atoms with Crippen molar-refractivity contribution in [3.63, 3.8) is 0 Å². The van der Waals surface area contributed by atoms with Crippen LogP contribution in [0.4, 0.5) is 8.63 Å². The second-order valence-corrected chi connectivity index (χ2v) is 2.82. The van der Waals surface area contributed by atoms with Gasteiger partial charge in [-0.2, -0.15) is 0 Å². The minimum Gasteiger partial charge on any atom is -0.368 e. The van der Waals surface area contributed by atoms with Crippen LogP contribution < -0.4 is 0 Å². The Morgan fingerprint density at radius 3 is 2.00 bits per heavy atom. The number of halogens is 2. The van der Waals surface area contributed by atoms with Crippen molar-refractivity contribution in [2.24, 2.45) is 0 Å². The van der Waals surface area contributed by atoms with Crippen LogP contribution in [0.25, 0.3) is 0 Å². The average Bonchev–Trinajstić information content (AvgIpc) is 2.86. The highest BCUT2D eigenvalue weighted by atomic mass is 19.2. The number of benzene rings is 1. The first-order valence-corrected chi connectivity index (χ1v) is 4.71. The summed E-state index contributed by atoms with van der Waals surface area (Å²) in [6.45, 7) is 0. The van der Waals surface area contributed by atoms with Gasteiger partial charge in [0.1, 0.15) is 0 Å². The van der Waals surface area contributed by atoms with Crippen LogP contribution in [0, 0.1) is 11.7 Å². The van der Waals surface area contributed by atoms with Crippen LogP contribution in [0.3, 0.4) is 0 Å². The molecule has 0 unspecified atom stereocenters. The van der Waals surface area contributed by atoms with Gasteiger partial charge in [-0.05, 0) is 24.3 Å². The molecule has 0 aliphatic carbocycles. The Morgan fingerprint density at radius 2 is 1.56 bits per heavy atom. The van der Waals surface area contributed by atoms with Crippen molar-refractivity contribution in [2.75, 3.05) is 0 Å². The first kappa shape index (κ1) is 12.1. The molecule has 0 radical (unpaired) electrons. The molecule has 2 rings (SSSR count). The van der Waals surface area contributed by atoms with Crippen molar-refractivity contribution in [3.8, 4) is 11.7 Å². The first-order valence-electron chi connectivity index (χ1n) is 4.71. The summed E-state index contributed by atoms with van der Waals surface area (Å²) in [6, 6.07) is 12.6. The molecule has 0 aliphatic heterocycles. The molecule has 1 N–H and O–H groups in total. The number of nitrogens with one attached hydrogen (secondary N) is 1. The van der Waals surface area contributed by atoms with Crippen LogP contribution in [0.5, 0.6) is 0 Å². The number of H-pyrrole nitrogens is 1. The second-order valence-electron chi connectivity index (χ2n) is 2.82. The van der Waals surface area contributed by atoms with Crippen LogP contribution in [0.2, 0.25) is 0 Å². The van der Waals surface area contributed by atoms with Crippen LogP contribution in [0.15, 0.2) is 54.9 Å². The molecule has 0 amide bonds. The summed E-state index contributed by atoms with van der Waals surface area (Å²) in [5.41, 5.74) is 0.618. The van der Waals surface area contributed by atoms with Gasteiger partial charge in [-0.3, -0.25) is 8.63 Å². The van der Waals surface area contributed by atoms with Gasteiger partial charge >= 0.3 is 7.27 Å². The molecule has 16 heavy (non-hydrogen) atoms. The third-order valence-corrected chi connectivity index (χ3v) is 1.60. The molecule has 0 saturated carbocycles. The molecule has 0 saturated heterocycles. The van der Waals surface area contributed by atoms with Crippen molar-refractivity contribution >= 4 is 7.27 Å². The number of hydrogen-bond donors (Lipinski definition) is 1. The summed E-state index contributed by atoms with van der Waals surface area (Å²) in [5, 5.41) is 0. The minimum atomic E-state index is -2.55. The van der Waals surface area contributed by atoms with Crippen LogP contribution in [-0.4, -0.2) is 12.3 Å². The maximum atomic E-state index is 11.5. The third kappa shape index (κ3) is 5.66. The monoisotopic (exact) mass is 217 g/mol. The summed E-state index contributed by atoms with van der Waals surface area (Å²) in [4.78, 5) is 2.86. The maximum Gasteiger partial charge on any atom is 0.628 e. The van der Waals surface area contributed by atoms with Gasteiger partial charge in [0.15, 0.2) is 0 Å². The maximum absolute atomic E-state index is 11.5. The van der Waals surface area contributed by atoms with E-state index in [1.54, 1.807) is 30.1 Å². The van der Waals surface area contributed by atoms with E-state index in [4.69, 9.17) is 0 Å².